The van der Waals surface area contributed by atoms with Crippen LogP contribution in [0, 0.1) is 0 Å². The average molecular weight is 378 g/mol. The second kappa shape index (κ2) is 9.60. The first kappa shape index (κ1) is 19.5. The Morgan fingerprint density at radius 2 is 1.82 bits per heavy atom. The standard InChI is InChI=1S/C22H26N4O2/c1-16(2)28-19-9-7-18(8-10-19)25-22-24-14-12-21(26-22)23-13-11-17-5-4-6-20(15-17)27-3/h4-10,12,14-16H,11,13H2,1-3H3,(H2,23,24,25,26). The van der Waals surface area contributed by atoms with Gasteiger partial charge in [-0.1, -0.05) is 12.1 Å². The molecule has 6 nitrogen and oxygen atoms in total. The van der Waals surface area contributed by atoms with Gasteiger partial charge in [-0.05, 0) is 68.3 Å². The molecule has 28 heavy (non-hydrogen) atoms. The molecule has 0 aliphatic heterocycles. The molecule has 0 saturated carbocycles. The van der Waals surface area contributed by atoms with Crippen molar-refractivity contribution in [1.29, 1.82) is 0 Å². The molecular formula is C22H26N4O2. The fraction of sp³-hybridized carbons (Fsp3) is 0.273. The average Bonchev–Trinajstić information content (AvgIpc) is 2.70. The van der Waals surface area contributed by atoms with Crippen LogP contribution in [0.2, 0.25) is 0 Å². The van der Waals surface area contributed by atoms with Crippen LogP contribution in [0.5, 0.6) is 11.5 Å². The van der Waals surface area contributed by atoms with E-state index >= 15 is 0 Å². The van der Waals surface area contributed by atoms with Crippen LogP contribution in [-0.2, 0) is 6.42 Å². The second-order valence-electron chi connectivity index (χ2n) is 6.61. The predicted octanol–water partition coefficient (Wildman–Crippen LogP) is 4.67. The summed E-state index contributed by atoms with van der Waals surface area (Å²) in [6, 6.07) is 17.7. The SMILES string of the molecule is COc1cccc(CCNc2ccnc(Nc3ccc(OC(C)C)cc3)n2)c1. The van der Waals surface area contributed by atoms with Crippen LogP contribution in [0.4, 0.5) is 17.5 Å². The summed E-state index contributed by atoms with van der Waals surface area (Å²) in [5.74, 6) is 3.04. The number of aromatic nitrogens is 2. The van der Waals surface area contributed by atoms with E-state index in [0.717, 1.165) is 36.0 Å². The highest BCUT2D eigenvalue weighted by Gasteiger charge is 2.03. The highest BCUT2D eigenvalue weighted by atomic mass is 16.5. The van der Waals surface area contributed by atoms with Gasteiger partial charge in [-0.2, -0.15) is 4.98 Å². The first-order chi connectivity index (χ1) is 13.6. The topological polar surface area (TPSA) is 68.3 Å². The maximum absolute atomic E-state index is 5.66. The molecule has 0 spiro atoms. The molecule has 0 amide bonds. The van der Waals surface area contributed by atoms with Crippen molar-refractivity contribution in [3.05, 3.63) is 66.4 Å². The molecule has 0 aliphatic carbocycles. The van der Waals surface area contributed by atoms with Crippen LogP contribution in [0.1, 0.15) is 19.4 Å². The summed E-state index contributed by atoms with van der Waals surface area (Å²) in [5, 5.41) is 6.55. The van der Waals surface area contributed by atoms with Gasteiger partial charge in [0.25, 0.3) is 0 Å². The molecule has 6 heteroatoms. The normalized spacial score (nSPS) is 10.6. The summed E-state index contributed by atoms with van der Waals surface area (Å²) in [7, 11) is 1.68. The molecule has 2 aromatic carbocycles. The van der Waals surface area contributed by atoms with Crippen LogP contribution in [0.25, 0.3) is 0 Å². The van der Waals surface area contributed by atoms with Crippen LogP contribution in [0.15, 0.2) is 60.8 Å². The lowest BCUT2D eigenvalue weighted by Crippen LogP contribution is -2.08. The maximum Gasteiger partial charge on any atom is 0.229 e. The molecule has 1 heterocycles. The first-order valence-electron chi connectivity index (χ1n) is 9.36. The number of nitrogens with one attached hydrogen (secondary N) is 2. The van der Waals surface area contributed by atoms with E-state index in [9.17, 15) is 0 Å². The Kier molecular flexibility index (Phi) is 6.68. The van der Waals surface area contributed by atoms with E-state index in [-0.39, 0.29) is 6.10 Å². The molecule has 1 aromatic heterocycles. The van der Waals surface area contributed by atoms with Gasteiger partial charge in [0.2, 0.25) is 5.95 Å². The van der Waals surface area contributed by atoms with Crippen molar-refractivity contribution in [2.24, 2.45) is 0 Å². The van der Waals surface area contributed by atoms with Gasteiger partial charge in [0.1, 0.15) is 17.3 Å². The lowest BCUT2D eigenvalue weighted by atomic mass is 10.1. The van der Waals surface area contributed by atoms with E-state index in [4.69, 9.17) is 9.47 Å². The summed E-state index contributed by atoms with van der Waals surface area (Å²) in [4.78, 5) is 8.80. The summed E-state index contributed by atoms with van der Waals surface area (Å²) in [6.45, 7) is 4.78. The molecule has 2 N–H and O–H groups in total. The van der Waals surface area contributed by atoms with Crippen molar-refractivity contribution in [3.8, 4) is 11.5 Å². The number of hydrogen-bond acceptors (Lipinski definition) is 6. The van der Waals surface area contributed by atoms with Gasteiger partial charge in [0.15, 0.2) is 0 Å². The minimum absolute atomic E-state index is 0.155. The number of nitrogens with zero attached hydrogens (tertiary/aromatic N) is 2. The lowest BCUT2D eigenvalue weighted by molar-refractivity contribution is 0.242. The van der Waals surface area contributed by atoms with Crippen LogP contribution in [0.3, 0.4) is 0 Å². The predicted molar refractivity (Wildman–Crippen MR) is 113 cm³/mol. The Labute approximate surface area is 166 Å². The molecule has 0 radical (unpaired) electrons. The molecular weight excluding hydrogens is 352 g/mol. The Bertz CT molecular complexity index is 882. The smallest absolute Gasteiger partial charge is 0.229 e. The minimum atomic E-state index is 0.155. The quantitative estimate of drug-likeness (QED) is 0.564. The molecule has 0 unspecified atom stereocenters. The monoisotopic (exact) mass is 378 g/mol. The number of ether oxygens (including phenoxy) is 2. The van der Waals surface area contributed by atoms with Crippen LogP contribution in [-0.4, -0.2) is 29.7 Å². The highest BCUT2D eigenvalue weighted by Crippen LogP contribution is 2.19. The van der Waals surface area contributed by atoms with Gasteiger partial charge in [-0.15, -0.1) is 0 Å². The van der Waals surface area contributed by atoms with E-state index < -0.39 is 0 Å². The number of rotatable bonds is 9. The third-order valence-corrected chi connectivity index (χ3v) is 3.99. The van der Waals surface area contributed by atoms with Crippen molar-refractivity contribution in [1.82, 2.24) is 9.97 Å². The maximum atomic E-state index is 5.66. The van der Waals surface area contributed by atoms with Gasteiger partial charge in [-0.3, -0.25) is 0 Å². The fourth-order valence-corrected chi connectivity index (χ4v) is 2.70. The van der Waals surface area contributed by atoms with Gasteiger partial charge >= 0.3 is 0 Å². The third kappa shape index (κ3) is 5.87. The molecule has 3 rings (SSSR count). The van der Waals surface area contributed by atoms with E-state index in [1.807, 2.05) is 62.4 Å². The molecule has 0 atom stereocenters. The summed E-state index contributed by atoms with van der Waals surface area (Å²) in [5.41, 5.74) is 2.12. The molecule has 0 bridgehead atoms. The van der Waals surface area contributed by atoms with Crippen molar-refractivity contribution < 1.29 is 9.47 Å². The fourth-order valence-electron chi connectivity index (χ4n) is 2.70. The van der Waals surface area contributed by atoms with Crippen molar-refractivity contribution in [2.75, 3.05) is 24.3 Å². The first-order valence-corrected chi connectivity index (χ1v) is 9.36. The van der Waals surface area contributed by atoms with E-state index in [1.165, 1.54) is 5.56 Å². The Morgan fingerprint density at radius 1 is 1.00 bits per heavy atom. The van der Waals surface area contributed by atoms with Gasteiger partial charge < -0.3 is 20.1 Å². The Morgan fingerprint density at radius 3 is 2.57 bits per heavy atom. The van der Waals surface area contributed by atoms with Crippen molar-refractivity contribution in [2.45, 2.75) is 26.4 Å². The molecule has 0 fully saturated rings. The number of benzene rings is 2. The summed E-state index contributed by atoms with van der Waals surface area (Å²) in [6.07, 6.45) is 2.77. The second-order valence-corrected chi connectivity index (χ2v) is 6.61. The van der Waals surface area contributed by atoms with Gasteiger partial charge in [0, 0.05) is 18.4 Å². The summed E-state index contributed by atoms with van der Waals surface area (Å²) < 4.78 is 10.9. The number of anilines is 3. The van der Waals surface area contributed by atoms with Crippen LogP contribution < -0.4 is 20.1 Å². The highest BCUT2D eigenvalue weighted by molar-refractivity contribution is 5.55. The van der Waals surface area contributed by atoms with Crippen LogP contribution >= 0.6 is 0 Å². The minimum Gasteiger partial charge on any atom is -0.497 e. The van der Waals surface area contributed by atoms with E-state index in [2.05, 4.69) is 26.7 Å². The summed E-state index contributed by atoms with van der Waals surface area (Å²) >= 11 is 0. The molecule has 3 aromatic rings. The molecule has 146 valence electrons. The lowest BCUT2D eigenvalue weighted by Gasteiger charge is -2.11. The zero-order chi connectivity index (χ0) is 19.8. The zero-order valence-corrected chi connectivity index (χ0v) is 16.5. The largest absolute Gasteiger partial charge is 0.497 e. The third-order valence-electron chi connectivity index (χ3n) is 3.99. The Hall–Kier alpha value is -3.28. The number of methoxy groups -OCH3 is 1. The zero-order valence-electron chi connectivity index (χ0n) is 16.5. The van der Waals surface area contributed by atoms with Gasteiger partial charge in [-0.25, -0.2) is 4.98 Å². The van der Waals surface area contributed by atoms with Gasteiger partial charge in [0.05, 0.1) is 13.2 Å². The molecule has 0 saturated heterocycles. The van der Waals surface area contributed by atoms with E-state index in [1.54, 1.807) is 13.3 Å². The Balaban J connectivity index is 1.54. The number of hydrogen-bond donors (Lipinski definition) is 2. The van der Waals surface area contributed by atoms with Crippen molar-refractivity contribution >= 4 is 17.5 Å². The van der Waals surface area contributed by atoms with Crippen molar-refractivity contribution in [3.63, 3.8) is 0 Å². The molecule has 0 aliphatic rings. The van der Waals surface area contributed by atoms with E-state index in [0.29, 0.717) is 5.95 Å².